The summed E-state index contributed by atoms with van der Waals surface area (Å²) in [5.74, 6) is 3.04. The van der Waals surface area contributed by atoms with E-state index < -0.39 is 0 Å². The summed E-state index contributed by atoms with van der Waals surface area (Å²) in [6.07, 6.45) is 12.3. The van der Waals surface area contributed by atoms with Gasteiger partial charge in [0.2, 0.25) is 6.79 Å². The number of hydrogen-bond acceptors (Lipinski definition) is 4. The lowest BCUT2D eigenvalue weighted by molar-refractivity contribution is -0.771. The smallest absolute Gasteiger partial charge is 0.231 e. The van der Waals surface area contributed by atoms with Crippen LogP contribution in [-0.4, -0.2) is 33.2 Å². The van der Waals surface area contributed by atoms with Crippen LogP contribution in [0, 0.1) is 0 Å². The van der Waals surface area contributed by atoms with E-state index >= 15 is 0 Å². The monoisotopic (exact) mass is 589 g/mol. The Balaban J connectivity index is 0.00000308. The molecule has 0 bridgehead atoms. The molecule has 2 atom stereocenters. The van der Waals surface area contributed by atoms with E-state index in [1.807, 2.05) is 19.1 Å². The zero-order valence-corrected chi connectivity index (χ0v) is 24.6. The van der Waals surface area contributed by atoms with E-state index in [-0.39, 0.29) is 29.9 Å². The first-order valence-electron chi connectivity index (χ1n) is 13.6. The van der Waals surface area contributed by atoms with Crippen molar-refractivity contribution < 1.29 is 40.8 Å². The zero-order valence-electron chi connectivity index (χ0n) is 23.1. The minimum absolute atomic E-state index is 0. The normalized spacial score (nSPS) is 21.0. The van der Waals surface area contributed by atoms with E-state index in [0.717, 1.165) is 36.6 Å². The quantitative estimate of drug-likeness (QED) is 0.503. The summed E-state index contributed by atoms with van der Waals surface area (Å²) in [5, 5.41) is 0. The van der Waals surface area contributed by atoms with Crippen LogP contribution in [0.25, 0.3) is 5.70 Å². The van der Waals surface area contributed by atoms with Crippen LogP contribution in [-0.2, 0) is 22.3 Å². The van der Waals surface area contributed by atoms with Crippen LogP contribution in [0.3, 0.4) is 0 Å². The highest BCUT2D eigenvalue weighted by atomic mass is 79.9. The summed E-state index contributed by atoms with van der Waals surface area (Å²) >= 11 is 0. The number of methoxy groups -OCH3 is 1. The van der Waals surface area contributed by atoms with Gasteiger partial charge < -0.3 is 35.9 Å². The van der Waals surface area contributed by atoms with Crippen LogP contribution in [0.1, 0.15) is 48.9 Å². The van der Waals surface area contributed by atoms with Gasteiger partial charge in [0.1, 0.15) is 23.8 Å². The van der Waals surface area contributed by atoms with Crippen molar-refractivity contribution in [2.45, 2.75) is 45.6 Å². The van der Waals surface area contributed by atoms with Crippen molar-refractivity contribution in [3.05, 3.63) is 112 Å². The number of fused-ring (bicyclic) bond motifs is 5. The highest BCUT2D eigenvalue weighted by Crippen LogP contribution is 2.42. The third-order valence-electron chi connectivity index (χ3n) is 7.93. The molecule has 0 amide bonds. The Kier molecular flexibility index (Phi) is 8.17. The molecule has 0 saturated carbocycles. The van der Waals surface area contributed by atoms with Crippen molar-refractivity contribution in [3.63, 3.8) is 0 Å². The Hall–Kier alpha value is -3.06. The first kappa shape index (κ1) is 27.5. The van der Waals surface area contributed by atoms with E-state index in [4.69, 9.17) is 18.9 Å². The Morgan fingerprint density at radius 1 is 1.08 bits per heavy atom. The highest BCUT2D eigenvalue weighted by molar-refractivity contribution is 5.77. The SMILES string of the molecule is C/C=C/COC1C(OC)=CC=C2C1=C[NH+]1CCc3cc4c(cc3C1=C2Cc1ccc(C(C)C)cc1)OCO4.[Br-]. The molecule has 0 aromatic heterocycles. The van der Waals surface area contributed by atoms with Gasteiger partial charge in [-0.15, -0.1) is 0 Å². The van der Waals surface area contributed by atoms with Crippen molar-refractivity contribution in [2.24, 2.45) is 0 Å². The molecule has 3 heterocycles. The number of benzene rings is 2. The molecule has 3 aliphatic heterocycles. The number of nitrogens with one attached hydrogen (secondary N) is 1. The summed E-state index contributed by atoms with van der Waals surface area (Å²) in [4.78, 5) is 1.36. The van der Waals surface area contributed by atoms with E-state index in [2.05, 4.69) is 68.6 Å². The molecule has 39 heavy (non-hydrogen) atoms. The molecular weight excluding hydrogens is 554 g/mol. The molecule has 0 spiro atoms. The summed E-state index contributed by atoms with van der Waals surface area (Å²) in [7, 11) is 1.73. The largest absolute Gasteiger partial charge is 1.00 e. The molecule has 1 N–H and O–H groups in total. The summed E-state index contributed by atoms with van der Waals surface area (Å²) < 4.78 is 23.7. The summed E-state index contributed by atoms with van der Waals surface area (Å²) in [6.45, 7) is 8.29. The predicted octanol–water partition coefficient (Wildman–Crippen LogP) is 2.27. The van der Waals surface area contributed by atoms with E-state index in [1.165, 1.54) is 49.6 Å². The predicted molar refractivity (Wildman–Crippen MR) is 149 cm³/mol. The first-order valence-corrected chi connectivity index (χ1v) is 13.6. The maximum Gasteiger partial charge on any atom is 0.231 e. The van der Waals surface area contributed by atoms with Crippen molar-refractivity contribution in [2.75, 3.05) is 27.1 Å². The molecule has 6 heteroatoms. The lowest BCUT2D eigenvalue weighted by Gasteiger charge is -2.36. The zero-order chi connectivity index (χ0) is 26.2. The average molecular weight is 591 g/mol. The second-order valence-corrected chi connectivity index (χ2v) is 10.6. The fraction of sp³-hybridized carbons (Fsp3) is 0.333. The maximum atomic E-state index is 6.39. The van der Waals surface area contributed by atoms with Crippen molar-refractivity contribution in [1.82, 2.24) is 0 Å². The number of rotatable bonds is 7. The van der Waals surface area contributed by atoms with Crippen molar-refractivity contribution >= 4 is 5.70 Å². The highest BCUT2D eigenvalue weighted by Gasteiger charge is 2.40. The molecular formula is C33H36BrNO4. The summed E-state index contributed by atoms with van der Waals surface area (Å²) in [6, 6.07) is 13.5. The van der Waals surface area contributed by atoms with Gasteiger partial charge in [-0.25, -0.2) is 0 Å². The Bertz CT molecular complexity index is 1400. The number of allylic oxidation sites excluding steroid dienone is 4. The second-order valence-electron chi connectivity index (χ2n) is 10.6. The molecule has 6 rings (SSSR count). The van der Waals surface area contributed by atoms with Crippen LogP contribution in [0.5, 0.6) is 11.5 Å². The van der Waals surface area contributed by atoms with Gasteiger partial charge in [-0.3, -0.25) is 4.90 Å². The van der Waals surface area contributed by atoms with Gasteiger partial charge in [0.15, 0.2) is 11.5 Å². The summed E-state index contributed by atoms with van der Waals surface area (Å²) in [5.41, 5.74) is 10.3. The molecule has 2 aromatic rings. The van der Waals surface area contributed by atoms with E-state index in [0.29, 0.717) is 12.5 Å². The van der Waals surface area contributed by atoms with Gasteiger partial charge in [-0.05, 0) is 53.3 Å². The topological polar surface area (TPSA) is 41.4 Å². The van der Waals surface area contributed by atoms with Gasteiger partial charge >= 0.3 is 0 Å². The standard InChI is InChI=1S/C33H35NO4.BrH/c1-5-6-15-36-33-28-19-34-14-13-24-17-30-31(38-20-37-30)18-26(24)32(34)27(25(28)11-12-29(33)35-4)16-22-7-9-23(10-8-22)21(2)3;/h5-12,17-19,21,33H,13-16,20H2,1-4H3;1H/b6-5+;. The third kappa shape index (κ3) is 5.13. The lowest BCUT2D eigenvalue weighted by Crippen LogP contribution is -3.06. The molecule has 4 aliphatic rings. The van der Waals surface area contributed by atoms with Crippen LogP contribution in [0.4, 0.5) is 0 Å². The average Bonchev–Trinajstić information content (AvgIpc) is 3.39. The van der Waals surface area contributed by atoms with Crippen molar-refractivity contribution in [3.8, 4) is 11.5 Å². The Labute approximate surface area is 241 Å². The lowest BCUT2D eigenvalue weighted by atomic mass is 9.79. The van der Waals surface area contributed by atoms with Gasteiger partial charge in [0.05, 0.1) is 20.3 Å². The number of hydrogen-bond donors (Lipinski definition) is 1. The van der Waals surface area contributed by atoms with Crippen LogP contribution < -0.4 is 31.4 Å². The van der Waals surface area contributed by atoms with Crippen LogP contribution in [0.2, 0.25) is 0 Å². The maximum absolute atomic E-state index is 6.39. The number of halogens is 1. The number of ether oxygens (including phenoxy) is 4. The fourth-order valence-electron chi connectivity index (χ4n) is 5.89. The van der Waals surface area contributed by atoms with Crippen LogP contribution in [0.15, 0.2) is 89.4 Å². The van der Waals surface area contributed by atoms with Gasteiger partial charge in [-0.2, -0.15) is 0 Å². The fourth-order valence-corrected chi connectivity index (χ4v) is 5.89. The second kappa shape index (κ2) is 11.6. The van der Waals surface area contributed by atoms with Gasteiger partial charge in [0, 0.05) is 29.6 Å². The van der Waals surface area contributed by atoms with E-state index in [1.54, 1.807) is 7.11 Å². The van der Waals surface area contributed by atoms with Crippen molar-refractivity contribution in [1.29, 1.82) is 0 Å². The minimum Gasteiger partial charge on any atom is -1.00 e. The Morgan fingerprint density at radius 2 is 1.85 bits per heavy atom. The minimum atomic E-state index is -0.235. The first-order chi connectivity index (χ1) is 18.6. The third-order valence-corrected chi connectivity index (χ3v) is 7.93. The molecule has 0 fully saturated rings. The van der Waals surface area contributed by atoms with E-state index in [9.17, 15) is 0 Å². The molecule has 2 aromatic carbocycles. The molecule has 2 unspecified atom stereocenters. The van der Waals surface area contributed by atoms with Gasteiger partial charge in [-0.1, -0.05) is 56.3 Å². The molecule has 0 saturated heterocycles. The Morgan fingerprint density at radius 3 is 2.56 bits per heavy atom. The van der Waals surface area contributed by atoms with Crippen LogP contribution >= 0.6 is 0 Å². The van der Waals surface area contributed by atoms with Gasteiger partial charge in [0.25, 0.3) is 0 Å². The molecule has 1 aliphatic carbocycles. The molecule has 0 radical (unpaired) electrons. The number of quaternary nitrogens is 1. The molecule has 5 nitrogen and oxygen atoms in total. The molecule has 204 valence electrons.